The zero-order valence-electron chi connectivity index (χ0n) is 13.4. The molecule has 0 radical (unpaired) electrons. The standard InChI is InChI=1S/C16H24BrN3O2/c1-16(2,3)22-15(21)20-11-7-5-4-6-10(11)8-12(20)14-18-9-13(17)19-14/h9-12H,4-8H2,1-3H3,(H,18,19)/t10-,11-,12-/m0/s1. The minimum absolute atomic E-state index is 0.00532. The zero-order valence-corrected chi connectivity index (χ0v) is 15.0. The molecule has 3 rings (SSSR count). The Labute approximate surface area is 139 Å². The second-order valence-corrected chi connectivity index (χ2v) is 8.17. The van der Waals surface area contributed by atoms with Gasteiger partial charge < -0.3 is 9.72 Å². The zero-order chi connectivity index (χ0) is 15.9. The molecule has 1 aromatic rings. The van der Waals surface area contributed by atoms with E-state index in [0.29, 0.717) is 5.92 Å². The van der Waals surface area contributed by atoms with Gasteiger partial charge in [-0.15, -0.1) is 0 Å². The summed E-state index contributed by atoms with van der Waals surface area (Å²) in [5.74, 6) is 1.42. The van der Waals surface area contributed by atoms with Crippen LogP contribution in [0.5, 0.6) is 0 Å². The molecule has 2 heterocycles. The van der Waals surface area contributed by atoms with Crippen LogP contribution in [0.4, 0.5) is 4.79 Å². The summed E-state index contributed by atoms with van der Waals surface area (Å²) in [6, 6.07) is 0.284. The molecule has 1 aliphatic carbocycles. The summed E-state index contributed by atoms with van der Waals surface area (Å²) in [6.07, 6.45) is 7.31. The Bertz CT molecular complexity index is 552. The molecule has 1 aliphatic heterocycles. The van der Waals surface area contributed by atoms with Gasteiger partial charge in [0, 0.05) is 12.2 Å². The Morgan fingerprint density at radius 1 is 1.41 bits per heavy atom. The van der Waals surface area contributed by atoms with Crippen molar-refractivity contribution < 1.29 is 9.53 Å². The van der Waals surface area contributed by atoms with Crippen molar-refractivity contribution in [2.75, 3.05) is 0 Å². The Kier molecular flexibility index (Phi) is 4.23. The second kappa shape index (κ2) is 5.87. The molecule has 1 N–H and O–H groups in total. The van der Waals surface area contributed by atoms with Crippen molar-refractivity contribution in [1.29, 1.82) is 0 Å². The summed E-state index contributed by atoms with van der Waals surface area (Å²) in [5.41, 5.74) is -0.474. The van der Waals surface area contributed by atoms with Crippen LogP contribution >= 0.6 is 15.9 Å². The average molecular weight is 370 g/mol. The molecule has 0 aromatic carbocycles. The van der Waals surface area contributed by atoms with Crippen LogP contribution in [-0.2, 0) is 4.74 Å². The van der Waals surface area contributed by atoms with E-state index in [0.717, 1.165) is 23.3 Å². The first-order chi connectivity index (χ1) is 10.3. The number of nitrogens with zero attached hydrogens (tertiary/aromatic N) is 2. The molecule has 1 aromatic heterocycles. The van der Waals surface area contributed by atoms with Crippen LogP contribution in [0.1, 0.15) is 64.7 Å². The molecular formula is C16H24BrN3O2. The predicted octanol–water partition coefficient (Wildman–Crippen LogP) is 4.41. The smallest absolute Gasteiger partial charge is 0.411 e. The summed E-state index contributed by atoms with van der Waals surface area (Å²) in [6.45, 7) is 5.74. The lowest BCUT2D eigenvalue weighted by Crippen LogP contribution is -2.43. The summed E-state index contributed by atoms with van der Waals surface area (Å²) < 4.78 is 6.44. The van der Waals surface area contributed by atoms with Crippen molar-refractivity contribution in [3.8, 4) is 0 Å². The molecule has 3 atom stereocenters. The molecular weight excluding hydrogens is 346 g/mol. The van der Waals surface area contributed by atoms with Gasteiger partial charge in [-0.1, -0.05) is 12.8 Å². The van der Waals surface area contributed by atoms with Crippen LogP contribution in [0.2, 0.25) is 0 Å². The van der Waals surface area contributed by atoms with E-state index in [1.165, 1.54) is 19.3 Å². The second-order valence-electron chi connectivity index (χ2n) is 7.36. The number of amides is 1. The monoisotopic (exact) mass is 369 g/mol. The number of nitrogens with one attached hydrogen (secondary N) is 1. The van der Waals surface area contributed by atoms with Crippen molar-refractivity contribution >= 4 is 22.0 Å². The minimum atomic E-state index is -0.474. The largest absolute Gasteiger partial charge is 0.444 e. The number of carbonyl (C=O) groups excluding carboxylic acids is 1. The van der Waals surface area contributed by atoms with E-state index >= 15 is 0 Å². The molecule has 6 heteroatoms. The Balaban J connectivity index is 1.88. The van der Waals surface area contributed by atoms with Gasteiger partial charge >= 0.3 is 6.09 Å². The normalized spacial score (nSPS) is 28.5. The van der Waals surface area contributed by atoms with E-state index in [-0.39, 0.29) is 18.2 Å². The van der Waals surface area contributed by atoms with E-state index in [4.69, 9.17) is 4.74 Å². The molecule has 1 amide bonds. The van der Waals surface area contributed by atoms with Crippen molar-refractivity contribution in [2.45, 2.75) is 70.6 Å². The summed E-state index contributed by atoms with van der Waals surface area (Å²) in [5, 5.41) is 0. The Morgan fingerprint density at radius 2 is 2.14 bits per heavy atom. The first-order valence-electron chi connectivity index (χ1n) is 8.07. The quantitative estimate of drug-likeness (QED) is 0.797. The first kappa shape index (κ1) is 15.8. The number of imidazole rings is 1. The van der Waals surface area contributed by atoms with Crippen molar-refractivity contribution in [3.63, 3.8) is 0 Å². The summed E-state index contributed by atoms with van der Waals surface area (Å²) in [4.78, 5) is 22.4. The van der Waals surface area contributed by atoms with Crippen molar-refractivity contribution in [1.82, 2.24) is 14.9 Å². The molecule has 2 aliphatic rings. The number of aromatic amines is 1. The molecule has 5 nitrogen and oxygen atoms in total. The van der Waals surface area contributed by atoms with E-state index in [9.17, 15) is 4.79 Å². The lowest BCUT2D eigenvalue weighted by Gasteiger charge is -2.34. The highest BCUT2D eigenvalue weighted by Crippen LogP contribution is 2.46. The molecule has 1 saturated heterocycles. The lowest BCUT2D eigenvalue weighted by atomic mass is 9.85. The number of rotatable bonds is 1. The van der Waals surface area contributed by atoms with Gasteiger partial charge in [0.1, 0.15) is 16.0 Å². The molecule has 0 unspecified atom stereocenters. The number of aromatic nitrogens is 2. The van der Waals surface area contributed by atoms with Gasteiger partial charge in [-0.2, -0.15) is 0 Å². The number of ether oxygens (including phenoxy) is 1. The van der Waals surface area contributed by atoms with Gasteiger partial charge in [0.15, 0.2) is 0 Å². The predicted molar refractivity (Wildman–Crippen MR) is 87.5 cm³/mol. The van der Waals surface area contributed by atoms with Crippen LogP contribution in [0, 0.1) is 5.92 Å². The van der Waals surface area contributed by atoms with E-state index in [2.05, 4.69) is 25.9 Å². The third-order valence-corrected chi connectivity index (χ3v) is 4.98. The molecule has 122 valence electrons. The molecule has 22 heavy (non-hydrogen) atoms. The fraction of sp³-hybridized carbons (Fsp3) is 0.750. The molecule has 0 bridgehead atoms. The fourth-order valence-corrected chi connectivity index (χ4v) is 4.07. The van der Waals surface area contributed by atoms with Crippen molar-refractivity contribution in [2.24, 2.45) is 5.92 Å². The topological polar surface area (TPSA) is 58.2 Å². The van der Waals surface area contributed by atoms with E-state index < -0.39 is 5.60 Å². The fourth-order valence-electron chi connectivity index (χ4n) is 3.77. The maximum atomic E-state index is 12.8. The average Bonchev–Trinajstić information content (AvgIpc) is 2.99. The molecule has 2 fully saturated rings. The number of halogens is 1. The third kappa shape index (κ3) is 3.16. The Morgan fingerprint density at radius 3 is 2.77 bits per heavy atom. The summed E-state index contributed by atoms with van der Waals surface area (Å²) >= 11 is 3.38. The highest BCUT2D eigenvalue weighted by atomic mass is 79.9. The van der Waals surface area contributed by atoms with Crippen LogP contribution in [-0.4, -0.2) is 32.6 Å². The van der Waals surface area contributed by atoms with Gasteiger partial charge in [0.25, 0.3) is 0 Å². The van der Waals surface area contributed by atoms with Crippen LogP contribution in [0.3, 0.4) is 0 Å². The summed E-state index contributed by atoms with van der Waals surface area (Å²) in [7, 11) is 0. The van der Waals surface area contributed by atoms with Crippen molar-refractivity contribution in [3.05, 3.63) is 16.6 Å². The van der Waals surface area contributed by atoms with Gasteiger partial charge in [0.05, 0.1) is 6.04 Å². The highest BCUT2D eigenvalue weighted by molar-refractivity contribution is 9.10. The van der Waals surface area contributed by atoms with E-state index in [1.807, 2.05) is 31.9 Å². The number of likely N-dealkylation sites (tertiary alicyclic amines) is 1. The van der Waals surface area contributed by atoms with E-state index in [1.54, 1.807) is 0 Å². The van der Waals surface area contributed by atoms with Gasteiger partial charge in [0.2, 0.25) is 0 Å². The lowest BCUT2D eigenvalue weighted by molar-refractivity contribution is 0.00951. The Hall–Kier alpha value is -1.04. The first-order valence-corrected chi connectivity index (χ1v) is 8.86. The maximum Gasteiger partial charge on any atom is 0.411 e. The number of hydrogen-bond acceptors (Lipinski definition) is 3. The minimum Gasteiger partial charge on any atom is -0.444 e. The molecule has 1 saturated carbocycles. The van der Waals surface area contributed by atoms with Crippen LogP contribution in [0.15, 0.2) is 10.8 Å². The number of H-pyrrole nitrogens is 1. The van der Waals surface area contributed by atoms with Gasteiger partial charge in [-0.25, -0.2) is 9.78 Å². The number of carbonyl (C=O) groups is 1. The maximum absolute atomic E-state index is 12.8. The van der Waals surface area contributed by atoms with Crippen LogP contribution < -0.4 is 0 Å². The number of fused-ring (bicyclic) bond motifs is 1. The highest BCUT2D eigenvalue weighted by Gasteiger charge is 2.47. The number of hydrogen-bond donors (Lipinski definition) is 1. The SMILES string of the molecule is CC(C)(C)OC(=O)N1[C@H](c2nc(Br)c[nH]2)C[C@@H]2CCCC[C@@H]21. The van der Waals surface area contributed by atoms with Gasteiger partial charge in [-0.05, 0) is 61.9 Å². The van der Waals surface area contributed by atoms with Crippen LogP contribution in [0.25, 0.3) is 0 Å². The van der Waals surface area contributed by atoms with Gasteiger partial charge in [-0.3, -0.25) is 4.90 Å². The third-order valence-electron chi connectivity index (χ3n) is 4.57. The molecule has 0 spiro atoms.